The van der Waals surface area contributed by atoms with Crippen molar-refractivity contribution in [3.63, 3.8) is 0 Å². The van der Waals surface area contributed by atoms with E-state index < -0.39 is 0 Å². The van der Waals surface area contributed by atoms with Gasteiger partial charge >= 0.3 is 0 Å². The van der Waals surface area contributed by atoms with Crippen molar-refractivity contribution in [1.29, 1.82) is 0 Å². The zero-order valence-electron chi connectivity index (χ0n) is 14.4. The molecule has 2 N–H and O–H groups in total. The molecule has 0 saturated carbocycles. The van der Waals surface area contributed by atoms with Crippen molar-refractivity contribution in [2.45, 2.75) is 26.7 Å². The molecule has 0 atom stereocenters. The van der Waals surface area contributed by atoms with Gasteiger partial charge in [-0.3, -0.25) is 4.79 Å². The monoisotopic (exact) mass is 348 g/mol. The smallest absolute Gasteiger partial charge is 0.254 e. The zero-order chi connectivity index (χ0) is 16.4. The average Bonchev–Trinajstić information content (AvgIpc) is 2.91. The molecule has 6 heteroatoms. The third-order valence-electron chi connectivity index (χ3n) is 4.29. The summed E-state index contributed by atoms with van der Waals surface area (Å²) in [6.45, 7) is 8.94. The van der Waals surface area contributed by atoms with Crippen molar-refractivity contribution in [3.05, 3.63) is 47.3 Å². The summed E-state index contributed by atoms with van der Waals surface area (Å²) in [7, 11) is 0. The van der Waals surface area contributed by atoms with E-state index >= 15 is 0 Å². The lowest BCUT2D eigenvalue weighted by molar-refractivity contribution is 0.0941. The second-order valence-corrected chi connectivity index (χ2v) is 6.58. The SMILES string of the molecule is Cc1ccc(-n2ncc(C(=O)NCC3CNC3)c2C(C)C)cc1.Cl. The number of benzene rings is 1. The molecular weight excluding hydrogens is 324 g/mol. The minimum atomic E-state index is -0.0287. The summed E-state index contributed by atoms with van der Waals surface area (Å²) in [6.07, 6.45) is 1.68. The van der Waals surface area contributed by atoms with Gasteiger partial charge in [-0.2, -0.15) is 5.10 Å². The second kappa shape index (κ2) is 7.81. The van der Waals surface area contributed by atoms with Crippen molar-refractivity contribution in [1.82, 2.24) is 20.4 Å². The first-order valence-electron chi connectivity index (χ1n) is 8.20. The van der Waals surface area contributed by atoms with E-state index in [2.05, 4.69) is 48.6 Å². The highest BCUT2D eigenvalue weighted by atomic mass is 35.5. The van der Waals surface area contributed by atoms with Crippen LogP contribution in [0.4, 0.5) is 0 Å². The predicted octanol–water partition coefficient (Wildman–Crippen LogP) is 2.68. The molecule has 0 bridgehead atoms. The van der Waals surface area contributed by atoms with E-state index in [-0.39, 0.29) is 24.2 Å². The first-order valence-corrected chi connectivity index (χ1v) is 8.20. The van der Waals surface area contributed by atoms with Gasteiger partial charge in [0.05, 0.1) is 23.1 Å². The largest absolute Gasteiger partial charge is 0.352 e. The average molecular weight is 349 g/mol. The minimum absolute atomic E-state index is 0. The molecule has 130 valence electrons. The second-order valence-electron chi connectivity index (χ2n) is 6.58. The number of hydrogen-bond donors (Lipinski definition) is 2. The molecule has 0 radical (unpaired) electrons. The van der Waals surface area contributed by atoms with Gasteiger partial charge in [0.2, 0.25) is 0 Å². The topological polar surface area (TPSA) is 59.0 Å². The number of nitrogens with one attached hydrogen (secondary N) is 2. The number of nitrogens with zero attached hydrogens (tertiary/aromatic N) is 2. The lowest BCUT2D eigenvalue weighted by Gasteiger charge is -2.27. The number of carbonyl (C=O) groups excluding carboxylic acids is 1. The summed E-state index contributed by atoms with van der Waals surface area (Å²) in [5.41, 5.74) is 3.83. The van der Waals surface area contributed by atoms with E-state index in [1.165, 1.54) is 5.56 Å². The van der Waals surface area contributed by atoms with Crippen LogP contribution in [0.3, 0.4) is 0 Å². The van der Waals surface area contributed by atoms with Gasteiger partial charge in [0.15, 0.2) is 0 Å². The van der Waals surface area contributed by atoms with E-state index in [0.29, 0.717) is 11.5 Å². The molecule has 1 saturated heterocycles. The predicted molar refractivity (Wildman–Crippen MR) is 98.3 cm³/mol. The highest BCUT2D eigenvalue weighted by molar-refractivity contribution is 5.95. The highest BCUT2D eigenvalue weighted by Crippen LogP contribution is 2.23. The Morgan fingerprint density at radius 2 is 2.00 bits per heavy atom. The standard InChI is InChI=1S/C18H24N4O.ClH/c1-12(2)17-16(18(23)20-10-14-8-19-9-14)11-21-22(17)15-6-4-13(3)5-7-15;/h4-7,11-12,14,19H,8-10H2,1-3H3,(H,20,23);1H. The Hall–Kier alpha value is -1.85. The summed E-state index contributed by atoms with van der Waals surface area (Å²) < 4.78 is 1.88. The van der Waals surface area contributed by atoms with Gasteiger partial charge in [0, 0.05) is 25.6 Å². The molecule has 2 aromatic rings. The van der Waals surface area contributed by atoms with Crippen molar-refractivity contribution in [2.24, 2.45) is 5.92 Å². The van der Waals surface area contributed by atoms with Crippen LogP contribution in [0.25, 0.3) is 5.69 Å². The molecule has 1 aromatic heterocycles. The van der Waals surface area contributed by atoms with E-state index in [1.807, 2.05) is 16.8 Å². The first kappa shape index (κ1) is 18.5. The Bertz CT molecular complexity index is 690. The Labute approximate surface area is 149 Å². The molecule has 1 aromatic carbocycles. The zero-order valence-corrected chi connectivity index (χ0v) is 15.2. The maximum absolute atomic E-state index is 12.5. The van der Waals surface area contributed by atoms with Crippen LogP contribution in [0.5, 0.6) is 0 Å². The fraction of sp³-hybridized carbons (Fsp3) is 0.444. The molecule has 0 spiro atoms. The molecule has 5 nitrogen and oxygen atoms in total. The van der Waals surface area contributed by atoms with Crippen LogP contribution in [0.2, 0.25) is 0 Å². The van der Waals surface area contributed by atoms with Crippen LogP contribution in [0.15, 0.2) is 30.5 Å². The summed E-state index contributed by atoms with van der Waals surface area (Å²) in [6, 6.07) is 8.20. The number of aryl methyl sites for hydroxylation is 1. The molecule has 1 aliphatic rings. The van der Waals surface area contributed by atoms with Crippen LogP contribution in [-0.2, 0) is 0 Å². The molecule has 3 rings (SSSR count). The maximum Gasteiger partial charge on any atom is 0.254 e. The Morgan fingerprint density at radius 3 is 2.54 bits per heavy atom. The van der Waals surface area contributed by atoms with Gasteiger partial charge in [-0.15, -0.1) is 12.4 Å². The van der Waals surface area contributed by atoms with Crippen LogP contribution in [-0.4, -0.2) is 35.3 Å². The van der Waals surface area contributed by atoms with Gasteiger partial charge in [0.1, 0.15) is 0 Å². The van der Waals surface area contributed by atoms with E-state index in [1.54, 1.807) is 6.20 Å². The van der Waals surface area contributed by atoms with E-state index in [9.17, 15) is 4.79 Å². The van der Waals surface area contributed by atoms with Crippen LogP contribution < -0.4 is 10.6 Å². The van der Waals surface area contributed by atoms with Gasteiger partial charge in [0.25, 0.3) is 5.91 Å². The molecule has 2 heterocycles. The van der Waals surface area contributed by atoms with Crippen molar-refractivity contribution >= 4 is 18.3 Å². The van der Waals surface area contributed by atoms with Gasteiger partial charge < -0.3 is 10.6 Å². The third kappa shape index (κ3) is 3.79. The van der Waals surface area contributed by atoms with Crippen LogP contribution >= 0.6 is 12.4 Å². The number of hydrogen-bond acceptors (Lipinski definition) is 3. The quantitative estimate of drug-likeness (QED) is 0.873. The Balaban J connectivity index is 0.00000208. The molecule has 1 fully saturated rings. The summed E-state index contributed by atoms with van der Waals surface area (Å²) in [4.78, 5) is 12.5. The molecular formula is C18H25ClN4O. The van der Waals surface area contributed by atoms with Gasteiger partial charge in [-0.1, -0.05) is 31.5 Å². The number of carbonyl (C=O) groups is 1. The normalized spacial score (nSPS) is 14.2. The Kier molecular flexibility index (Phi) is 6.02. The highest BCUT2D eigenvalue weighted by Gasteiger charge is 2.23. The number of amides is 1. The fourth-order valence-electron chi connectivity index (χ4n) is 2.81. The lowest BCUT2D eigenvalue weighted by Crippen LogP contribution is -2.48. The lowest BCUT2D eigenvalue weighted by atomic mass is 10.0. The summed E-state index contributed by atoms with van der Waals surface area (Å²) in [5.74, 6) is 0.734. The summed E-state index contributed by atoms with van der Waals surface area (Å²) >= 11 is 0. The number of rotatable bonds is 5. The van der Waals surface area contributed by atoms with Gasteiger partial charge in [-0.25, -0.2) is 4.68 Å². The van der Waals surface area contributed by atoms with Crippen molar-refractivity contribution in [3.8, 4) is 5.69 Å². The number of halogens is 1. The van der Waals surface area contributed by atoms with Crippen molar-refractivity contribution < 1.29 is 4.79 Å². The fourth-order valence-corrected chi connectivity index (χ4v) is 2.81. The molecule has 0 unspecified atom stereocenters. The minimum Gasteiger partial charge on any atom is -0.352 e. The van der Waals surface area contributed by atoms with E-state index in [0.717, 1.165) is 31.0 Å². The molecule has 1 aliphatic heterocycles. The molecule has 24 heavy (non-hydrogen) atoms. The number of aromatic nitrogens is 2. The van der Waals surface area contributed by atoms with Gasteiger partial charge in [-0.05, 0) is 25.0 Å². The van der Waals surface area contributed by atoms with Crippen LogP contribution in [0.1, 0.15) is 41.4 Å². The van der Waals surface area contributed by atoms with Crippen molar-refractivity contribution in [2.75, 3.05) is 19.6 Å². The molecule has 1 amide bonds. The summed E-state index contributed by atoms with van der Waals surface area (Å²) in [5, 5.41) is 10.7. The maximum atomic E-state index is 12.5. The first-order chi connectivity index (χ1) is 11.1. The third-order valence-corrected chi connectivity index (χ3v) is 4.29. The van der Waals surface area contributed by atoms with E-state index in [4.69, 9.17) is 0 Å². The molecule has 0 aliphatic carbocycles. The van der Waals surface area contributed by atoms with Crippen LogP contribution in [0, 0.1) is 12.8 Å². The Morgan fingerprint density at radius 1 is 1.33 bits per heavy atom.